The smallest absolute Gasteiger partial charge is 0.326 e. The molecule has 29 heavy (non-hydrogen) atoms. The largest absolute Gasteiger partial charge is 0.459 e. The zero-order chi connectivity index (χ0) is 21.0. The Labute approximate surface area is 174 Å². The maximum Gasteiger partial charge on any atom is 0.326 e. The molecule has 1 aliphatic heterocycles. The molecule has 0 bridgehead atoms. The van der Waals surface area contributed by atoms with E-state index in [2.05, 4.69) is 4.72 Å². The Morgan fingerprint density at radius 1 is 1.17 bits per heavy atom. The van der Waals surface area contributed by atoms with Crippen LogP contribution in [0.2, 0.25) is 5.02 Å². The van der Waals surface area contributed by atoms with E-state index < -0.39 is 21.7 Å². The summed E-state index contributed by atoms with van der Waals surface area (Å²) >= 11 is 6.22. The minimum absolute atomic E-state index is 0.0104. The fraction of sp³-hybridized carbons (Fsp3) is 0.286. The summed E-state index contributed by atoms with van der Waals surface area (Å²) in [5, 5.41) is 1.31. The molecule has 0 radical (unpaired) electrons. The summed E-state index contributed by atoms with van der Waals surface area (Å²) in [6.45, 7) is 5.45. The van der Waals surface area contributed by atoms with Crippen molar-refractivity contribution in [3.8, 4) is 0 Å². The average molecular weight is 433 g/mol. The summed E-state index contributed by atoms with van der Waals surface area (Å²) in [7, 11) is -3.60. The molecule has 1 N–H and O–H groups in total. The lowest BCUT2D eigenvalue weighted by Gasteiger charge is -2.19. The van der Waals surface area contributed by atoms with E-state index in [9.17, 15) is 13.2 Å². The third-order valence-corrected chi connectivity index (χ3v) is 6.43. The van der Waals surface area contributed by atoms with Gasteiger partial charge in [-0.3, -0.25) is 4.79 Å². The molecule has 4 rings (SSSR count). The van der Waals surface area contributed by atoms with Crippen molar-refractivity contribution in [3.05, 3.63) is 64.8 Å². The molecule has 0 saturated heterocycles. The predicted octanol–water partition coefficient (Wildman–Crippen LogP) is 4.02. The number of halogens is 1. The quantitative estimate of drug-likeness (QED) is 0.634. The molecule has 0 aliphatic carbocycles. The summed E-state index contributed by atoms with van der Waals surface area (Å²) in [6, 6.07) is 11.7. The van der Waals surface area contributed by atoms with Crippen LogP contribution in [-0.4, -0.2) is 24.6 Å². The van der Waals surface area contributed by atoms with Gasteiger partial charge in [0.05, 0.1) is 10.9 Å². The molecule has 1 unspecified atom stereocenters. The van der Waals surface area contributed by atoms with E-state index in [1.54, 1.807) is 47.2 Å². The summed E-state index contributed by atoms with van der Waals surface area (Å²) in [5.41, 5.74) is 1.59. The van der Waals surface area contributed by atoms with Crippen LogP contribution < -0.4 is 4.72 Å². The molecule has 0 amide bonds. The maximum absolute atomic E-state index is 12.6. The lowest BCUT2D eigenvalue weighted by Crippen LogP contribution is -2.26. The Balaban J connectivity index is 1.82. The van der Waals surface area contributed by atoms with Crippen molar-refractivity contribution in [1.29, 1.82) is 0 Å². The molecule has 152 valence electrons. The van der Waals surface area contributed by atoms with Crippen LogP contribution in [0.4, 0.5) is 0 Å². The number of aromatic nitrogens is 1. The number of fused-ring (bicyclic) bond motifs is 2. The summed E-state index contributed by atoms with van der Waals surface area (Å²) in [5.74, 6) is -0.372. The fourth-order valence-electron chi connectivity index (χ4n) is 3.65. The molecule has 1 aliphatic rings. The Morgan fingerprint density at radius 3 is 2.62 bits per heavy atom. The zero-order valence-electron chi connectivity index (χ0n) is 16.3. The standard InChI is InChI=1S/C21H21ClN2O4S/c1-21(2,3)28-19(25)12-24-11-16(15-10-13(22)8-9-17(15)24)20-14-6-4-5-7-18(14)29(26,27)23-20/h4-11,20,23H,12H2,1-3H3. The van der Waals surface area contributed by atoms with Gasteiger partial charge in [-0.05, 0) is 50.6 Å². The second-order valence-electron chi connectivity index (χ2n) is 8.05. The van der Waals surface area contributed by atoms with E-state index in [0.717, 1.165) is 16.5 Å². The number of nitrogens with one attached hydrogen (secondary N) is 1. The van der Waals surface area contributed by atoms with Gasteiger partial charge in [0.25, 0.3) is 0 Å². The van der Waals surface area contributed by atoms with Gasteiger partial charge >= 0.3 is 5.97 Å². The van der Waals surface area contributed by atoms with Crippen molar-refractivity contribution in [2.45, 2.75) is 43.9 Å². The molecule has 0 spiro atoms. The van der Waals surface area contributed by atoms with Crippen LogP contribution in [0.3, 0.4) is 0 Å². The number of carbonyl (C=O) groups is 1. The first-order chi connectivity index (χ1) is 13.5. The Bertz CT molecular complexity index is 1230. The highest BCUT2D eigenvalue weighted by Gasteiger charge is 2.36. The van der Waals surface area contributed by atoms with Gasteiger partial charge < -0.3 is 9.30 Å². The van der Waals surface area contributed by atoms with Gasteiger partial charge in [0.2, 0.25) is 10.0 Å². The van der Waals surface area contributed by atoms with E-state index >= 15 is 0 Å². The number of benzene rings is 2. The maximum atomic E-state index is 12.6. The molecule has 0 fully saturated rings. The summed E-state index contributed by atoms with van der Waals surface area (Å²) in [4.78, 5) is 12.7. The highest BCUT2D eigenvalue weighted by molar-refractivity contribution is 7.89. The minimum atomic E-state index is -3.60. The molecule has 2 heterocycles. The third-order valence-electron chi connectivity index (χ3n) is 4.70. The molecule has 0 saturated carbocycles. The third kappa shape index (κ3) is 3.77. The minimum Gasteiger partial charge on any atom is -0.459 e. The van der Waals surface area contributed by atoms with Crippen molar-refractivity contribution >= 4 is 38.5 Å². The molecule has 6 nitrogen and oxygen atoms in total. The first-order valence-electron chi connectivity index (χ1n) is 9.16. The van der Waals surface area contributed by atoms with Crippen LogP contribution in [0.1, 0.15) is 37.9 Å². The topological polar surface area (TPSA) is 77.4 Å². The first-order valence-corrected chi connectivity index (χ1v) is 11.0. The SMILES string of the molecule is CC(C)(C)OC(=O)Cn1cc(C2NS(=O)(=O)c3ccccc32)c2cc(Cl)ccc21. The lowest BCUT2D eigenvalue weighted by molar-refractivity contribution is -0.155. The number of ether oxygens (including phenoxy) is 1. The van der Waals surface area contributed by atoms with E-state index in [0.29, 0.717) is 10.6 Å². The highest BCUT2D eigenvalue weighted by Crippen LogP contribution is 2.39. The summed E-state index contributed by atoms with van der Waals surface area (Å²) in [6.07, 6.45) is 1.79. The molecular weight excluding hydrogens is 412 g/mol. The Hall–Kier alpha value is -2.35. The summed E-state index contributed by atoms with van der Waals surface area (Å²) < 4.78 is 35.1. The van der Waals surface area contributed by atoms with Gasteiger partial charge in [0.15, 0.2) is 0 Å². The van der Waals surface area contributed by atoms with Crippen LogP contribution in [0, 0.1) is 0 Å². The fourth-order valence-corrected chi connectivity index (χ4v) is 5.26. The Kier molecular flexibility index (Phi) is 4.72. The van der Waals surface area contributed by atoms with Crippen molar-refractivity contribution in [2.24, 2.45) is 0 Å². The van der Waals surface area contributed by atoms with Crippen LogP contribution in [-0.2, 0) is 26.1 Å². The van der Waals surface area contributed by atoms with Crippen LogP contribution in [0.5, 0.6) is 0 Å². The second kappa shape index (κ2) is 6.86. The van der Waals surface area contributed by atoms with Crippen molar-refractivity contribution in [1.82, 2.24) is 9.29 Å². The van der Waals surface area contributed by atoms with Crippen molar-refractivity contribution in [2.75, 3.05) is 0 Å². The number of sulfonamides is 1. The van der Waals surface area contributed by atoms with E-state index in [4.69, 9.17) is 16.3 Å². The average Bonchev–Trinajstić information content (AvgIpc) is 3.08. The second-order valence-corrected chi connectivity index (χ2v) is 10.2. The Morgan fingerprint density at radius 2 is 1.90 bits per heavy atom. The molecule has 2 aromatic carbocycles. The normalized spacial score (nSPS) is 18.0. The van der Waals surface area contributed by atoms with E-state index in [1.807, 2.05) is 26.8 Å². The number of nitrogens with zero attached hydrogens (tertiary/aromatic N) is 1. The first kappa shape index (κ1) is 19.9. The van der Waals surface area contributed by atoms with Gasteiger partial charge in [-0.25, -0.2) is 8.42 Å². The van der Waals surface area contributed by atoms with Gasteiger partial charge in [0.1, 0.15) is 12.1 Å². The van der Waals surface area contributed by atoms with Gasteiger partial charge in [0, 0.05) is 27.7 Å². The molecular formula is C21H21ClN2O4S. The predicted molar refractivity (Wildman–Crippen MR) is 111 cm³/mol. The van der Waals surface area contributed by atoms with Crippen LogP contribution >= 0.6 is 11.6 Å². The molecule has 3 aromatic rings. The molecule has 1 aromatic heterocycles. The van der Waals surface area contributed by atoms with E-state index in [1.165, 1.54) is 0 Å². The zero-order valence-corrected chi connectivity index (χ0v) is 17.8. The van der Waals surface area contributed by atoms with Crippen molar-refractivity contribution in [3.63, 3.8) is 0 Å². The molecule has 1 atom stereocenters. The molecule has 8 heteroatoms. The van der Waals surface area contributed by atoms with E-state index in [-0.39, 0.29) is 17.4 Å². The number of carbonyl (C=O) groups excluding carboxylic acids is 1. The number of hydrogen-bond donors (Lipinski definition) is 1. The van der Waals surface area contributed by atoms with Crippen molar-refractivity contribution < 1.29 is 17.9 Å². The monoisotopic (exact) mass is 432 g/mol. The number of hydrogen-bond acceptors (Lipinski definition) is 4. The van der Waals surface area contributed by atoms with Gasteiger partial charge in [-0.15, -0.1) is 0 Å². The highest BCUT2D eigenvalue weighted by atomic mass is 35.5. The van der Waals surface area contributed by atoms with Gasteiger partial charge in [-0.1, -0.05) is 29.8 Å². The number of rotatable bonds is 3. The lowest BCUT2D eigenvalue weighted by atomic mass is 9.99. The van der Waals surface area contributed by atoms with Crippen LogP contribution in [0.25, 0.3) is 10.9 Å². The van der Waals surface area contributed by atoms with Gasteiger partial charge in [-0.2, -0.15) is 4.72 Å². The number of esters is 1. The van der Waals surface area contributed by atoms with Crippen LogP contribution in [0.15, 0.2) is 53.6 Å².